The fourth-order valence-electron chi connectivity index (χ4n) is 4.28. The van der Waals surface area contributed by atoms with Crippen molar-refractivity contribution in [3.05, 3.63) is 30.5 Å². The number of thioether (sulfide) groups is 1. The molecule has 2 unspecified atom stereocenters. The Morgan fingerprint density at radius 1 is 1.03 bits per heavy atom. The zero-order chi connectivity index (χ0) is 20.4. The van der Waals surface area contributed by atoms with E-state index in [4.69, 9.17) is 4.74 Å². The van der Waals surface area contributed by atoms with Gasteiger partial charge in [-0.2, -0.15) is 0 Å². The van der Waals surface area contributed by atoms with Gasteiger partial charge in [-0.25, -0.2) is 0 Å². The van der Waals surface area contributed by atoms with Crippen LogP contribution in [-0.2, 0) is 20.9 Å². The van der Waals surface area contributed by atoms with Crippen molar-refractivity contribution in [2.24, 2.45) is 0 Å². The summed E-state index contributed by atoms with van der Waals surface area (Å²) in [4.78, 5) is 30.3. The number of amides is 2. The number of aromatic nitrogens is 1. The molecule has 7 heteroatoms. The summed E-state index contributed by atoms with van der Waals surface area (Å²) in [5.41, 5.74) is 1.05. The van der Waals surface area contributed by atoms with Gasteiger partial charge in [0.05, 0.1) is 18.0 Å². The quantitative estimate of drug-likeness (QED) is 0.705. The molecule has 29 heavy (non-hydrogen) atoms. The second kappa shape index (κ2) is 8.79. The molecule has 6 nitrogen and oxygen atoms in total. The van der Waals surface area contributed by atoms with Crippen molar-refractivity contribution in [1.82, 2.24) is 14.4 Å². The molecule has 0 spiro atoms. The molecule has 2 amide bonds. The van der Waals surface area contributed by atoms with Gasteiger partial charge < -0.3 is 19.1 Å². The number of nitrogens with zero attached hydrogens (tertiary/aromatic N) is 3. The zero-order valence-corrected chi connectivity index (χ0v) is 18.0. The highest BCUT2D eigenvalue weighted by molar-refractivity contribution is 8.00. The van der Waals surface area contributed by atoms with Crippen LogP contribution >= 0.6 is 11.8 Å². The molecule has 2 aromatic rings. The lowest BCUT2D eigenvalue weighted by Crippen LogP contribution is -2.48. The van der Waals surface area contributed by atoms with Crippen molar-refractivity contribution in [2.75, 3.05) is 31.9 Å². The third-order valence-corrected chi connectivity index (χ3v) is 6.67. The van der Waals surface area contributed by atoms with Gasteiger partial charge in [-0.15, -0.1) is 11.8 Å². The smallest absolute Gasteiger partial charge is 0.242 e. The molecule has 3 heterocycles. The third-order valence-electron chi connectivity index (χ3n) is 5.64. The van der Waals surface area contributed by atoms with Crippen LogP contribution in [0.15, 0.2) is 35.4 Å². The van der Waals surface area contributed by atoms with Gasteiger partial charge in [-0.05, 0) is 32.8 Å². The van der Waals surface area contributed by atoms with E-state index in [9.17, 15) is 9.59 Å². The summed E-state index contributed by atoms with van der Waals surface area (Å²) in [6, 6.07) is 8.11. The number of fused-ring (bicyclic) bond motifs is 1. The molecule has 2 saturated heterocycles. The first kappa shape index (κ1) is 20.3. The van der Waals surface area contributed by atoms with Crippen molar-refractivity contribution in [3.8, 4) is 0 Å². The van der Waals surface area contributed by atoms with E-state index >= 15 is 0 Å². The summed E-state index contributed by atoms with van der Waals surface area (Å²) in [5.74, 6) is 0.710. The van der Waals surface area contributed by atoms with Gasteiger partial charge in [-0.3, -0.25) is 9.59 Å². The Kier molecular flexibility index (Phi) is 6.15. The van der Waals surface area contributed by atoms with Gasteiger partial charge >= 0.3 is 0 Å². The summed E-state index contributed by atoms with van der Waals surface area (Å²) in [6.07, 6.45) is 4.37. The average molecular weight is 416 g/mol. The van der Waals surface area contributed by atoms with Gasteiger partial charge in [0, 0.05) is 48.2 Å². The minimum Gasteiger partial charge on any atom is -0.372 e. The monoisotopic (exact) mass is 415 g/mol. The summed E-state index contributed by atoms with van der Waals surface area (Å²) < 4.78 is 7.76. The summed E-state index contributed by atoms with van der Waals surface area (Å²) >= 11 is 1.56. The standard InChI is InChI=1S/C22H29N3O3S/c1-16-11-25(12-17(2)28-16)22(27)15-29-20-13-24(19-8-4-3-7-18(19)20)14-21(26)23-9-5-6-10-23/h3-4,7-8,13,16-17H,5-6,9-12,14-15H2,1-2H3. The zero-order valence-electron chi connectivity index (χ0n) is 17.2. The maximum atomic E-state index is 12.7. The Labute approximate surface area is 176 Å². The predicted molar refractivity (Wildman–Crippen MR) is 115 cm³/mol. The number of hydrogen-bond acceptors (Lipinski definition) is 4. The Balaban J connectivity index is 1.46. The van der Waals surface area contributed by atoms with E-state index in [1.165, 1.54) is 0 Å². The maximum absolute atomic E-state index is 12.7. The molecular weight excluding hydrogens is 386 g/mol. The first-order valence-corrected chi connectivity index (χ1v) is 11.4. The van der Waals surface area contributed by atoms with Crippen LogP contribution in [0, 0.1) is 0 Å². The van der Waals surface area contributed by atoms with Crippen LogP contribution in [0.5, 0.6) is 0 Å². The van der Waals surface area contributed by atoms with Crippen LogP contribution in [0.2, 0.25) is 0 Å². The highest BCUT2D eigenvalue weighted by Gasteiger charge is 2.26. The van der Waals surface area contributed by atoms with E-state index in [0.29, 0.717) is 25.4 Å². The van der Waals surface area contributed by atoms with Crippen molar-refractivity contribution >= 4 is 34.5 Å². The average Bonchev–Trinajstić information content (AvgIpc) is 3.34. The van der Waals surface area contributed by atoms with Crippen LogP contribution in [0.3, 0.4) is 0 Å². The normalized spacial score (nSPS) is 22.4. The number of morpholine rings is 1. The van der Waals surface area contributed by atoms with Crippen LogP contribution in [0.4, 0.5) is 0 Å². The SMILES string of the molecule is CC1CN(C(=O)CSc2cn(CC(=O)N3CCCC3)c3ccccc23)CC(C)O1. The molecule has 1 aromatic carbocycles. The Morgan fingerprint density at radius 2 is 1.72 bits per heavy atom. The second-order valence-electron chi connectivity index (χ2n) is 8.07. The third kappa shape index (κ3) is 4.61. The molecule has 4 rings (SSSR count). The van der Waals surface area contributed by atoms with E-state index in [2.05, 4.69) is 6.07 Å². The first-order valence-electron chi connectivity index (χ1n) is 10.4. The van der Waals surface area contributed by atoms with Gasteiger partial charge in [0.1, 0.15) is 6.54 Å². The van der Waals surface area contributed by atoms with Gasteiger partial charge in [0.2, 0.25) is 11.8 Å². The molecule has 1 aromatic heterocycles. The van der Waals surface area contributed by atoms with E-state index in [0.717, 1.165) is 41.7 Å². The van der Waals surface area contributed by atoms with Gasteiger partial charge in [0.15, 0.2) is 0 Å². The highest BCUT2D eigenvalue weighted by Crippen LogP contribution is 2.30. The van der Waals surface area contributed by atoms with Crippen molar-refractivity contribution in [1.29, 1.82) is 0 Å². The van der Waals surface area contributed by atoms with Crippen LogP contribution in [0.1, 0.15) is 26.7 Å². The molecule has 2 atom stereocenters. The lowest BCUT2D eigenvalue weighted by Gasteiger charge is -2.35. The maximum Gasteiger partial charge on any atom is 0.242 e. The number of benzene rings is 1. The van der Waals surface area contributed by atoms with E-state index < -0.39 is 0 Å². The Bertz CT molecular complexity index is 881. The summed E-state index contributed by atoms with van der Waals surface area (Å²) in [7, 11) is 0. The molecule has 2 fully saturated rings. The van der Waals surface area contributed by atoms with E-state index in [1.807, 2.05) is 52.6 Å². The molecule has 156 valence electrons. The molecular formula is C22H29N3O3S. The molecule has 0 aliphatic carbocycles. The molecule has 0 N–H and O–H groups in total. The fraction of sp³-hybridized carbons (Fsp3) is 0.545. The number of carbonyl (C=O) groups excluding carboxylic acids is 2. The van der Waals surface area contributed by atoms with Crippen molar-refractivity contribution in [3.63, 3.8) is 0 Å². The minimum absolute atomic E-state index is 0.0752. The van der Waals surface area contributed by atoms with Crippen molar-refractivity contribution < 1.29 is 14.3 Å². The molecule has 2 aliphatic rings. The minimum atomic E-state index is 0.0752. The molecule has 0 bridgehead atoms. The molecule has 0 saturated carbocycles. The highest BCUT2D eigenvalue weighted by atomic mass is 32.2. The number of para-hydroxylation sites is 1. The Hall–Kier alpha value is -1.99. The Morgan fingerprint density at radius 3 is 2.45 bits per heavy atom. The second-order valence-corrected chi connectivity index (χ2v) is 9.09. The number of ether oxygens (including phenoxy) is 1. The molecule has 0 radical (unpaired) electrons. The summed E-state index contributed by atoms with van der Waals surface area (Å²) in [5, 5.41) is 1.10. The predicted octanol–water partition coefficient (Wildman–Crippen LogP) is 2.99. The van der Waals surface area contributed by atoms with Crippen molar-refractivity contribution in [2.45, 2.75) is 50.3 Å². The lowest BCUT2D eigenvalue weighted by molar-refractivity contribution is -0.140. The van der Waals surface area contributed by atoms with Crippen LogP contribution in [-0.4, -0.2) is 70.3 Å². The van der Waals surface area contributed by atoms with Crippen LogP contribution in [0.25, 0.3) is 10.9 Å². The van der Waals surface area contributed by atoms with Crippen LogP contribution < -0.4 is 0 Å². The number of rotatable bonds is 5. The largest absolute Gasteiger partial charge is 0.372 e. The van der Waals surface area contributed by atoms with E-state index in [1.54, 1.807) is 11.8 Å². The van der Waals surface area contributed by atoms with Gasteiger partial charge in [-0.1, -0.05) is 18.2 Å². The molecule has 2 aliphatic heterocycles. The first-order chi connectivity index (χ1) is 14.0. The number of likely N-dealkylation sites (tertiary alicyclic amines) is 1. The van der Waals surface area contributed by atoms with Gasteiger partial charge in [0.25, 0.3) is 0 Å². The lowest BCUT2D eigenvalue weighted by atomic mass is 10.2. The number of hydrogen-bond donors (Lipinski definition) is 0. The number of carbonyl (C=O) groups is 2. The fourth-order valence-corrected chi connectivity index (χ4v) is 5.27. The van der Waals surface area contributed by atoms with E-state index in [-0.39, 0.29) is 24.0 Å². The topological polar surface area (TPSA) is 54.8 Å². The summed E-state index contributed by atoms with van der Waals surface area (Å²) in [6.45, 7) is 7.40.